The van der Waals surface area contributed by atoms with E-state index in [1.807, 2.05) is 25.1 Å². The second kappa shape index (κ2) is 5.62. The molecule has 3 rings (SSSR count). The van der Waals surface area contributed by atoms with Crippen LogP contribution in [-0.4, -0.2) is 20.0 Å². The molecule has 1 heterocycles. The van der Waals surface area contributed by atoms with Crippen LogP contribution in [0.5, 0.6) is 0 Å². The van der Waals surface area contributed by atoms with Gasteiger partial charge in [0.25, 0.3) is 0 Å². The van der Waals surface area contributed by atoms with Crippen molar-refractivity contribution in [2.24, 2.45) is 5.92 Å². The number of ether oxygens (including phenoxy) is 2. The molecule has 0 aliphatic heterocycles. The standard InChI is InChI=1S/C17H20O4/c1-3-19-11-20-10-12-9-17(12,2)16-8-14(18)13-6-4-5-7-15(13)21-16/h4-8,12H,3,9-11H2,1-2H3/t12-,17+/m1/s1. The van der Waals surface area contributed by atoms with Crippen LogP contribution in [0.4, 0.5) is 0 Å². The van der Waals surface area contributed by atoms with Crippen molar-refractivity contribution >= 4 is 11.0 Å². The van der Waals surface area contributed by atoms with Crippen LogP contribution in [0.2, 0.25) is 0 Å². The summed E-state index contributed by atoms with van der Waals surface area (Å²) >= 11 is 0. The van der Waals surface area contributed by atoms with Gasteiger partial charge in [0.15, 0.2) is 5.43 Å². The van der Waals surface area contributed by atoms with Crippen molar-refractivity contribution in [3.63, 3.8) is 0 Å². The van der Waals surface area contributed by atoms with Gasteiger partial charge in [-0.1, -0.05) is 19.1 Å². The van der Waals surface area contributed by atoms with E-state index in [1.54, 1.807) is 12.1 Å². The summed E-state index contributed by atoms with van der Waals surface area (Å²) in [7, 11) is 0. The summed E-state index contributed by atoms with van der Waals surface area (Å²) in [6.45, 7) is 5.67. The molecule has 1 fully saturated rings. The van der Waals surface area contributed by atoms with E-state index < -0.39 is 0 Å². The van der Waals surface area contributed by atoms with Crippen molar-refractivity contribution in [3.05, 3.63) is 46.3 Å². The van der Waals surface area contributed by atoms with E-state index >= 15 is 0 Å². The monoisotopic (exact) mass is 288 g/mol. The van der Waals surface area contributed by atoms with Crippen LogP contribution < -0.4 is 5.43 Å². The molecular formula is C17H20O4. The van der Waals surface area contributed by atoms with Crippen LogP contribution in [0.25, 0.3) is 11.0 Å². The molecule has 1 aromatic heterocycles. The largest absolute Gasteiger partial charge is 0.460 e. The third-order valence-corrected chi connectivity index (χ3v) is 4.30. The SMILES string of the molecule is CCOCOC[C@H]1C[C@]1(C)c1cc(=O)c2ccccc2o1. The molecule has 0 saturated heterocycles. The second-order valence-corrected chi connectivity index (χ2v) is 5.77. The maximum atomic E-state index is 12.2. The summed E-state index contributed by atoms with van der Waals surface area (Å²) in [5, 5.41) is 0.634. The van der Waals surface area contributed by atoms with E-state index in [-0.39, 0.29) is 10.8 Å². The summed E-state index contributed by atoms with van der Waals surface area (Å²) in [6, 6.07) is 9.00. The number of fused-ring (bicyclic) bond motifs is 1. The Morgan fingerprint density at radius 1 is 1.33 bits per heavy atom. The molecule has 0 bridgehead atoms. The van der Waals surface area contributed by atoms with Crippen molar-refractivity contribution in [1.29, 1.82) is 0 Å². The van der Waals surface area contributed by atoms with Crippen LogP contribution in [0.3, 0.4) is 0 Å². The van der Waals surface area contributed by atoms with Crippen molar-refractivity contribution in [2.45, 2.75) is 25.7 Å². The van der Waals surface area contributed by atoms with Gasteiger partial charge in [-0.05, 0) is 31.4 Å². The Balaban J connectivity index is 1.77. The Kier molecular flexibility index (Phi) is 3.83. The molecular weight excluding hydrogens is 268 g/mol. The molecule has 1 aromatic carbocycles. The summed E-state index contributed by atoms with van der Waals surface area (Å²) < 4.78 is 16.6. The van der Waals surface area contributed by atoms with Gasteiger partial charge in [0.2, 0.25) is 0 Å². The second-order valence-electron chi connectivity index (χ2n) is 5.77. The molecule has 0 spiro atoms. The molecule has 1 aliphatic carbocycles. The molecule has 21 heavy (non-hydrogen) atoms. The molecule has 2 aromatic rings. The number of rotatable bonds is 6. The topological polar surface area (TPSA) is 48.7 Å². The van der Waals surface area contributed by atoms with Gasteiger partial charge >= 0.3 is 0 Å². The van der Waals surface area contributed by atoms with Crippen LogP contribution in [0, 0.1) is 5.92 Å². The van der Waals surface area contributed by atoms with Crippen molar-refractivity contribution in [2.75, 3.05) is 20.0 Å². The van der Waals surface area contributed by atoms with E-state index in [2.05, 4.69) is 6.92 Å². The first-order chi connectivity index (χ1) is 10.1. The fourth-order valence-corrected chi connectivity index (χ4v) is 2.72. The van der Waals surface area contributed by atoms with E-state index in [4.69, 9.17) is 13.9 Å². The Bertz CT molecular complexity index is 690. The summed E-state index contributed by atoms with van der Waals surface area (Å²) in [5.74, 6) is 1.14. The molecule has 4 nitrogen and oxygen atoms in total. The molecule has 2 atom stereocenters. The zero-order valence-electron chi connectivity index (χ0n) is 12.4. The minimum atomic E-state index is -0.102. The summed E-state index contributed by atoms with van der Waals surface area (Å²) in [5.41, 5.74) is 0.575. The van der Waals surface area contributed by atoms with Gasteiger partial charge in [-0.3, -0.25) is 4.79 Å². The van der Waals surface area contributed by atoms with Crippen LogP contribution >= 0.6 is 0 Å². The highest BCUT2D eigenvalue weighted by atomic mass is 16.7. The van der Waals surface area contributed by atoms with E-state index in [0.29, 0.717) is 36.9 Å². The van der Waals surface area contributed by atoms with Gasteiger partial charge < -0.3 is 13.9 Å². The Labute approximate surface area is 123 Å². The molecule has 1 saturated carbocycles. The lowest BCUT2D eigenvalue weighted by molar-refractivity contribution is -0.0542. The summed E-state index contributed by atoms with van der Waals surface area (Å²) in [6.07, 6.45) is 0.973. The molecule has 1 aliphatic rings. The molecule has 0 N–H and O–H groups in total. The van der Waals surface area contributed by atoms with Crippen molar-refractivity contribution in [1.82, 2.24) is 0 Å². The number of benzene rings is 1. The first-order valence-electron chi connectivity index (χ1n) is 7.34. The molecule has 4 heteroatoms. The Morgan fingerprint density at radius 3 is 2.95 bits per heavy atom. The van der Waals surface area contributed by atoms with Gasteiger partial charge in [-0.2, -0.15) is 0 Å². The van der Waals surface area contributed by atoms with Crippen LogP contribution in [0.15, 0.2) is 39.5 Å². The first-order valence-corrected chi connectivity index (χ1v) is 7.34. The quantitative estimate of drug-likeness (QED) is 0.605. The van der Waals surface area contributed by atoms with Crippen LogP contribution in [-0.2, 0) is 14.9 Å². The Morgan fingerprint density at radius 2 is 2.14 bits per heavy atom. The highest BCUT2D eigenvalue weighted by Crippen LogP contribution is 2.54. The molecule has 112 valence electrons. The zero-order chi connectivity index (χ0) is 14.9. The minimum absolute atomic E-state index is 0.0222. The van der Waals surface area contributed by atoms with Crippen LogP contribution in [0.1, 0.15) is 26.0 Å². The average Bonchev–Trinajstić information content (AvgIpc) is 3.16. The third-order valence-electron chi connectivity index (χ3n) is 4.30. The predicted octanol–water partition coefficient (Wildman–Crippen LogP) is 3.08. The predicted molar refractivity (Wildman–Crippen MR) is 80.4 cm³/mol. The van der Waals surface area contributed by atoms with Gasteiger partial charge in [-0.15, -0.1) is 0 Å². The van der Waals surface area contributed by atoms with Gasteiger partial charge in [0.1, 0.15) is 18.1 Å². The van der Waals surface area contributed by atoms with E-state index in [9.17, 15) is 4.79 Å². The van der Waals surface area contributed by atoms with E-state index in [0.717, 1.165) is 12.2 Å². The van der Waals surface area contributed by atoms with Gasteiger partial charge in [-0.25, -0.2) is 0 Å². The lowest BCUT2D eigenvalue weighted by Crippen LogP contribution is -2.13. The molecule has 0 amide bonds. The number of hydrogen-bond acceptors (Lipinski definition) is 4. The maximum Gasteiger partial charge on any atom is 0.192 e. The lowest BCUT2D eigenvalue weighted by Gasteiger charge is -2.11. The fourth-order valence-electron chi connectivity index (χ4n) is 2.72. The Hall–Kier alpha value is -1.65. The minimum Gasteiger partial charge on any atom is -0.460 e. The molecule has 0 radical (unpaired) electrons. The highest BCUT2D eigenvalue weighted by molar-refractivity contribution is 5.76. The van der Waals surface area contributed by atoms with Gasteiger partial charge in [0.05, 0.1) is 12.0 Å². The number of hydrogen-bond donors (Lipinski definition) is 0. The first kappa shape index (κ1) is 14.3. The third kappa shape index (κ3) is 2.74. The fraction of sp³-hybridized carbons (Fsp3) is 0.471. The van der Waals surface area contributed by atoms with Crippen molar-refractivity contribution < 1.29 is 13.9 Å². The average molecular weight is 288 g/mol. The normalized spacial score (nSPS) is 24.4. The molecule has 0 unspecified atom stereocenters. The smallest absolute Gasteiger partial charge is 0.192 e. The number of para-hydroxylation sites is 1. The maximum absolute atomic E-state index is 12.2. The zero-order valence-corrected chi connectivity index (χ0v) is 12.4. The summed E-state index contributed by atoms with van der Waals surface area (Å²) in [4.78, 5) is 12.2. The van der Waals surface area contributed by atoms with Gasteiger partial charge in [0, 0.05) is 18.1 Å². The highest BCUT2D eigenvalue weighted by Gasteiger charge is 2.53. The van der Waals surface area contributed by atoms with Crippen molar-refractivity contribution in [3.8, 4) is 0 Å². The van der Waals surface area contributed by atoms with E-state index in [1.165, 1.54) is 0 Å². The lowest BCUT2D eigenvalue weighted by atomic mass is 10.0.